The molecule has 0 unspecified atom stereocenters. The third kappa shape index (κ3) is 3.46. The Morgan fingerprint density at radius 1 is 1.00 bits per heavy atom. The molecule has 0 atom stereocenters. The van der Waals surface area contributed by atoms with Gasteiger partial charge in [0.05, 0.1) is 34.5 Å². The topological polar surface area (TPSA) is 79.8 Å². The molecule has 1 saturated heterocycles. The summed E-state index contributed by atoms with van der Waals surface area (Å²) in [7, 11) is 2.02. The maximum atomic E-state index is 13.0. The van der Waals surface area contributed by atoms with E-state index in [2.05, 4.69) is 26.4 Å². The van der Waals surface area contributed by atoms with Crippen LogP contribution in [0.2, 0.25) is 0 Å². The van der Waals surface area contributed by atoms with E-state index in [0.717, 1.165) is 54.1 Å². The number of nitrogens with zero attached hydrogens (tertiary/aromatic N) is 6. The van der Waals surface area contributed by atoms with E-state index in [1.54, 1.807) is 15.0 Å². The van der Waals surface area contributed by atoms with E-state index < -0.39 is 0 Å². The summed E-state index contributed by atoms with van der Waals surface area (Å²) in [6.45, 7) is 7.87. The van der Waals surface area contributed by atoms with Crippen LogP contribution < -0.4 is 15.8 Å². The number of pyridine rings is 1. The number of hydrogen-bond donors (Lipinski definition) is 1. The van der Waals surface area contributed by atoms with Crippen molar-refractivity contribution in [3.8, 4) is 11.4 Å². The van der Waals surface area contributed by atoms with Crippen LogP contribution in [-0.4, -0.2) is 50.2 Å². The summed E-state index contributed by atoms with van der Waals surface area (Å²) in [6.07, 6.45) is 6.00. The lowest BCUT2D eigenvalue weighted by Gasteiger charge is -2.33. The van der Waals surface area contributed by atoms with Crippen molar-refractivity contribution in [3.05, 3.63) is 57.9 Å². The molecule has 4 aromatic rings. The van der Waals surface area contributed by atoms with E-state index in [-0.39, 0.29) is 5.56 Å². The van der Waals surface area contributed by atoms with Gasteiger partial charge in [-0.05, 0) is 58.4 Å². The summed E-state index contributed by atoms with van der Waals surface area (Å²) in [5.74, 6) is 0. The molecule has 5 heterocycles. The summed E-state index contributed by atoms with van der Waals surface area (Å²) in [4.78, 5) is 24.7. The van der Waals surface area contributed by atoms with E-state index in [1.165, 1.54) is 0 Å². The van der Waals surface area contributed by atoms with Crippen LogP contribution in [0, 0.1) is 20.8 Å². The molecule has 0 aromatic carbocycles. The molecule has 0 amide bonds. The van der Waals surface area contributed by atoms with Gasteiger partial charge < -0.3 is 10.2 Å². The van der Waals surface area contributed by atoms with Crippen LogP contribution in [0.25, 0.3) is 22.6 Å². The maximum absolute atomic E-state index is 13.0. The van der Waals surface area contributed by atoms with Gasteiger partial charge in [-0.1, -0.05) is 0 Å². The Kier molecular flexibility index (Phi) is 4.74. The van der Waals surface area contributed by atoms with Gasteiger partial charge in [0, 0.05) is 31.4 Å². The average Bonchev–Trinajstić information content (AvgIpc) is 3.18. The molecule has 0 radical (unpaired) electrons. The first kappa shape index (κ1) is 19.7. The molecule has 31 heavy (non-hydrogen) atoms. The third-order valence-corrected chi connectivity index (χ3v) is 6.22. The number of hydrogen-bond acceptors (Lipinski definition) is 6. The molecule has 5 rings (SSSR count). The first-order chi connectivity index (χ1) is 14.9. The minimum Gasteiger partial charge on any atom is -0.370 e. The molecule has 160 valence electrons. The van der Waals surface area contributed by atoms with Crippen molar-refractivity contribution in [2.75, 3.05) is 25.0 Å². The second kappa shape index (κ2) is 7.46. The Balaban J connectivity index is 1.56. The molecule has 1 fully saturated rings. The van der Waals surface area contributed by atoms with Crippen molar-refractivity contribution in [2.24, 2.45) is 0 Å². The molecule has 8 heteroatoms. The van der Waals surface area contributed by atoms with Crippen LogP contribution in [-0.2, 0) is 0 Å². The fraction of sp³-hybridized carbons (Fsp3) is 0.391. The van der Waals surface area contributed by atoms with Gasteiger partial charge in [-0.25, -0.2) is 9.50 Å². The number of piperidine rings is 1. The highest BCUT2D eigenvalue weighted by Crippen LogP contribution is 2.24. The second-order valence-electron chi connectivity index (χ2n) is 8.43. The largest absolute Gasteiger partial charge is 0.370 e. The van der Waals surface area contributed by atoms with Crippen molar-refractivity contribution < 1.29 is 0 Å². The molecular formula is C23H27N7O. The minimum absolute atomic E-state index is 0.0989. The molecule has 0 saturated carbocycles. The Morgan fingerprint density at radius 3 is 2.52 bits per heavy atom. The van der Waals surface area contributed by atoms with Crippen LogP contribution in [0.4, 0.5) is 5.69 Å². The predicted octanol–water partition coefficient (Wildman–Crippen LogP) is 2.52. The number of aromatic nitrogens is 5. The molecule has 4 aromatic heterocycles. The normalized spacial score (nSPS) is 15.3. The van der Waals surface area contributed by atoms with Gasteiger partial charge in [0.2, 0.25) is 0 Å². The lowest BCUT2D eigenvalue weighted by atomic mass is 10.0. The lowest BCUT2D eigenvalue weighted by Crippen LogP contribution is -2.41. The number of anilines is 1. The molecule has 1 aliphatic heterocycles. The quantitative estimate of drug-likeness (QED) is 0.552. The van der Waals surface area contributed by atoms with Gasteiger partial charge in [0.25, 0.3) is 5.56 Å². The van der Waals surface area contributed by atoms with E-state index >= 15 is 0 Å². The van der Waals surface area contributed by atoms with Crippen molar-refractivity contribution in [2.45, 2.75) is 39.7 Å². The Bertz CT molecular complexity index is 1350. The monoisotopic (exact) mass is 417 g/mol. The standard InChI is InChI=1S/C23H27N7O/c1-14-9-18(28-7-5-17(24-4)6-8-28)13-29-22(31)11-19(26-23(14)29)20-10-21-16(3)25-15(2)12-30(21)27-20/h9-13,17,24H,5-8H2,1-4H3. The molecule has 0 aliphatic carbocycles. The number of aryl methyl sites for hydroxylation is 3. The molecule has 0 spiro atoms. The van der Waals surface area contributed by atoms with Gasteiger partial charge >= 0.3 is 0 Å². The minimum atomic E-state index is -0.0989. The number of nitrogens with one attached hydrogen (secondary N) is 1. The molecule has 1 aliphatic rings. The fourth-order valence-electron chi connectivity index (χ4n) is 4.50. The van der Waals surface area contributed by atoms with Gasteiger partial charge in [-0.15, -0.1) is 0 Å². The summed E-state index contributed by atoms with van der Waals surface area (Å²) >= 11 is 0. The van der Waals surface area contributed by atoms with E-state index in [1.807, 2.05) is 46.3 Å². The fourth-order valence-corrected chi connectivity index (χ4v) is 4.50. The molecular weight excluding hydrogens is 390 g/mol. The predicted molar refractivity (Wildman–Crippen MR) is 122 cm³/mol. The van der Waals surface area contributed by atoms with Crippen LogP contribution in [0.3, 0.4) is 0 Å². The zero-order chi connectivity index (χ0) is 21.7. The molecule has 0 bridgehead atoms. The summed E-state index contributed by atoms with van der Waals surface area (Å²) < 4.78 is 3.46. The highest BCUT2D eigenvalue weighted by atomic mass is 16.1. The Hall–Kier alpha value is -3.26. The SMILES string of the molecule is CNC1CCN(c2cc(C)c3nc(-c4cc5c(C)nc(C)cn5n4)cc(=O)n3c2)CC1. The number of rotatable bonds is 3. The third-order valence-electron chi connectivity index (χ3n) is 6.22. The van der Waals surface area contributed by atoms with Crippen molar-refractivity contribution in [3.63, 3.8) is 0 Å². The van der Waals surface area contributed by atoms with Crippen LogP contribution >= 0.6 is 0 Å². The second-order valence-corrected chi connectivity index (χ2v) is 8.43. The van der Waals surface area contributed by atoms with E-state index in [0.29, 0.717) is 23.1 Å². The zero-order valence-corrected chi connectivity index (χ0v) is 18.4. The first-order valence-corrected chi connectivity index (χ1v) is 10.7. The summed E-state index contributed by atoms with van der Waals surface area (Å²) in [5.41, 5.74) is 6.58. The van der Waals surface area contributed by atoms with E-state index in [9.17, 15) is 4.79 Å². The van der Waals surface area contributed by atoms with Crippen LogP contribution in [0.1, 0.15) is 29.8 Å². The molecule has 1 N–H and O–H groups in total. The van der Waals surface area contributed by atoms with Crippen LogP contribution in [0.15, 0.2) is 35.4 Å². The van der Waals surface area contributed by atoms with Gasteiger partial charge in [0.1, 0.15) is 11.3 Å². The lowest BCUT2D eigenvalue weighted by molar-refractivity contribution is 0.442. The average molecular weight is 418 g/mol. The van der Waals surface area contributed by atoms with Gasteiger partial charge in [0.15, 0.2) is 0 Å². The van der Waals surface area contributed by atoms with Crippen molar-refractivity contribution >= 4 is 16.9 Å². The smallest absolute Gasteiger partial charge is 0.258 e. The summed E-state index contributed by atoms with van der Waals surface area (Å²) in [5, 5.41) is 8.00. The Labute approximate surface area is 180 Å². The highest BCUT2D eigenvalue weighted by molar-refractivity contribution is 5.67. The van der Waals surface area contributed by atoms with Crippen LogP contribution in [0.5, 0.6) is 0 Å². The maximum Gasteiger partial charge on any atom is 0.258 e. The Morgan fingerprint density at radius 2 is 1.77 bits per heavy atom. The summed E-state index contributed by atoms with van der Waals surface area (Å²) in [6, 6.07) is 6.21. The van der Waals surface area contributed by atoms with E-state index in [4.69, 9.17) is 4.98 Å². The van der Waals surface area contributed by atoms with Crippen molar-refractivity contribution in [1.29, 1.82) is 0 Å². The number of fused-ring (bicyclic) bond motifs is 2. The van der Waals surface area contributed by atoms with Gasteiger partial charge in [-0.3, -0.25) is 14.2 Å². The van der Waals surface area contributed by atoms with Gasteiger partial charge in [-0.2, -0.15) is 5.10 Å². The highest BCUT2D eigenvalue weighted by Gasteiger charge is 2.20. The molecule has 8 nitrogen and oxygen atoms in total. The first-order valence-electron chi connectivity index (χ1n) is 10.7. The van der Waals surface area contributed by atoms with Crippen molar-refractivity contribution in [1.82, 2.24) is 29.3 Å². The zero-order valence-electron chi connectivity index (χ0n) is 18.4.